The average molecular weight is 174 g/mol. The minimum atomic E-state index is 0.317. The van der Waals surface area contributed by atoms with E-state index in [0.717, 1.165) is 6.42 Å². The van der Waals surface area contributed by atoms with E-state index in [1.165, 1.54) is 22.2 Å². The van der Waals surface area contributed by atoms with Crippen LogP contribution in [0.5, 0.6) is 0 Å². The van der Waals surface area contributed by atoms with E-state index >= 15 is 0 Å². The monoisotopic (exact) mass is 174 g/mol. The van der Waals surface area contributed by atoms with Crippen molar-refractivity contribution in [2.45, 2.75) is 20.3 Å². The Balaban J connectivity index is 2.84. The molecular formula is C12H15N. The summed E-state index contributed by atoms with van der Waals surface area (Å²) in [4.78, 5) is 0. The van der Waals surface area contributed by atoms with Crippen molar-refractivity contribution in [3.05, 3.63) is 35.5 Å². The molecule has 0 unspecified atom stereocenters. The molecule has 1 heteroatoms. The Morgan fingerprint density at radius 2 is 2.15 bits per heavy atom. The Morgan fingerprint density at radius 1 is 1.38 bits per heavy atom. The SMILES string of the molecule is [2H]Cn1c(CC)c(C)c2ccccc21. The number of fused-ring (bicyclic) bond motifs is 1. The zero-order valence-corrected chi connectivity index (χ0v) is 8.17. The summed E-state index contributed by atoms with van der Waals surface area (Å²) >= 11 is 0. The molecule has 68 valence electrons. The summed E-state index contributed by atoms with van der Waals surface area (Å²) in [5, 5.41) is 1.29. The number of para-hydroxylation sites is 1. The van der Waals surface area contributed by atoms with Gasteiger partial charge in [0.05, 0.1) is 0 Å². The van der Waals surface area contributed by atoms with Gasteiger partial charge in [0.2, 0.25) is 0 Å². The molecule has 0 aliphatic carbocycles. The first-order valence-corrected chi connectivity index (χ1v) is 4.65. The van der Waals surface area contributed by atoms with Gasteiger partial charge in [0.25, 0.3) is 0 Å². The van der Waals surface area contributed by atoms with Crippen LogP contribution < -0.4 is 0 Å². The molecule has 1 aromatic heterocycles. The van der Waals surface area contributed by atoms with Crippen molar-refractivity contribution in [2.75, 3.05) is 0 Å². The minimum absolute atomic E-state index is 0.317. The third kappa shape index (κ3) is 1.07. The van der Waals surface area contributed by atoms with Gasteiger partial charge in [-0.2, -0.15) is 0 Å². The number of hydrogen-bond acceptors (Lipinski definition) is 0. The molecule has 1 heterocycles. The van der Waals surface area contributed by atoms with Gasteiger partial charge in [-0.15, -0.1) is 0 Å². The predicted molar refractivity (Wildman–Crippen MR) is 57.0 cm³/mol. The number of nitrogens with zero attached hydrogens (tertiary/aromatic N) is 1. The fourth-order valence-corrected chi connectivity index (χ4v) is 1.99. The normalized spacial score (nSPS) is 12.0. The zero-order valence-electron chi connectivity index (χ0n) is 9.17. The third-order valence-electron chi connectivity index (χ3n) is 2.69. The molecule has 1 nitrogen and oxygen atoms in total. The first-order chi connectivity index (χ1) is 6.79. The Bertz CT molecular complexity index is 457. The lowest BCUT2D eigenvalue weighted by molar-refractivity contribution is 0.857. The van der Waals surface area contributed by atoms with Gasteiger partial charge < -0.3 is 4.57 Å². The summed E-state index contributed by atoms with van der Waals surface area (Å²) in [7, 11) is 0.317. The molecule has 0 bridgehead atoms. The summed E-state index contributed by atoms with van der Waals surface area (Å²) in [5.74, 6) is 0. The Hall–Kier alpha value is -1.24. The van der Waals surface area contributed by atoms with Crippen molar-refractivity contribution in [2.24, 2.45) is 7.02 Å². The topological polar surface area (TPSA) is 4.93 Å². The summed E-state index contributed by atoms with van der Waals surface area (Å²) < 4.78 is 9.63. The van der Waals surface area contributed by atoms with Crippen molar-refractivity contribution in [3.63, 3.8) is 0 Å². The average Bonchev–Trinajstić information content (AvgIpc) is 2.51. The van der Waals surface area contributed by atoms with Gasteiger partial charge in [-0.25, -0.2) is 0 Å². The Morgan fingerprint density at radius 3 is 2.85 bits per heavy atom. The van der Waals surface area contributed by atoms with E-state index in [9.17, 15) is 0 Å². The molecule has 0 radical (unpaired) electrons. The second-order valence-electron chi connectivity index (χ2n) is 3.37. The fourth-order valence-electron chi connectivity index (χ4n) is 1.99. The van der Waals surface area contributed by atoms with E-state index in [0.29, 0.717) is 7.02 Å². The maximum absolute atomic E-state index is 7.55. The van der Waals surface area contributed by atoms with Gasteiger partial charge in [-0.05, 0) is 25.0 Å². The van der Waals surface area contributed by atoms with Crippen molar-refractivity contribution in [1.29, 1.82) is 0 Å². The predicted octanol–water partition coefficient (Wildman–Crippen LogP) is 3.05. The van der Waals surface area contributed by atoms with E-state index < -0.39 is 0 Å². The molecule has 1 aromatic carbocycles. The fraction of sp³-hybridized carbons (Fsp3) is 0.333. The van der Waals surface area contributed by atoms with Gasteiger partial charge >= 0.3 is 0 Å². The number of hydrogen-bond donors (Lipinski definition) is 0. The Labute approximate surface area is 80.4 Å². The van der Waals surface area contributed by atoms with E-state index in [1.54, 1.807) is 0 Å². The lowest BCUT2D eigenvalue weighted by Gasteiger charge is -2.00. The molecule has 0 amide bonds. The maximum atomic E-state index is 7.55. The van der Waals surface area contributed by atoms with Crippen LogP contribution in [0.3, 0.4) is 0 Å². The second kappa shape index (κ2) is 2.91. The van der Waals surface area contributed by atoms with Crippen LogP contribution in [0, 0.1) is 6.92 Å². The molecular weight excluding hydrogens is 158 g/mol. The van der Waals surface area contributed by atoms with Crippen LogP contribution in [-0.4, -0.2) is 4.57 Å². The molecule has 0 aliphatic heterocycles. The van der Waals surface area contributed by atoms with Crippen molar-refractivity contribution >= 4 is 10.9 Å². The van der Waals surface area contributed by atoms with E-state index in [-0.39, 0.29) is 0 Å². The lowest BCUT2D eigenvalue weighted by atomic mass is 10.1. The Kier molecular flexibility index (Phi) is 1.61. The molecule has 0 spiro atoms. The zero-order chi connectivity index (χ0) is 10.1. The van der Waals surface area contributed by atoms with Crippen LogP contribution in [-0.2, 0) is 13.4 Å². The summed E-state index contributed by atoms with van der Waals surface area (Å²) in [5.41, 5.74) is 3.81. The molecule has 2 aromatic rings. The van der Waals surface area contributed by atoms with E-state index in [4.69, 9.17) is 1.37 Å². The number of aryl methyl sites for hydroxylation is 2. The molecule has 0 saturated heterocycles. The van der Waals surface area contributed by atoms with Gasteiger partial charge in [-0.3, -0.25) is 0 Å². The molecule has 13 heavy (non-hydrogen) atoms. The second-order valence-corrected chi connectivity index (χ2v) is 3.37. The largest absolute Gasteiger partial charge is 0.347 e. The van der Waals surface area contributed by atoms with Crippen LogP contribution in [0.25, 0.3) is 10.9 Å². The van der Waals surface area contributed by atoms with Crippen LogP contribution in [0.4, 0.5) is 0 Å². The quantitative estimate of drug-likeness (QED) is 0.626. The standard InChI is InChI=1S/C12H15N/c1-4-11-9(2)10-7-5-6-8-12(10)13(11)3/h5-8H,4H2,1-3H3/i3D. The lowest BCUT2D eigenvalue weighted by Crippen LogP contribution is -1.94. The van der Waals surface area contributed by atoms with Crippen LogP contribution in [0.1, 0.15) is 19.6 Å². The van der Waals surface area contributed by atoms with Crippen molar-refractivity contribution in [1.82, 2.24) is 4.57 Å². The summed E-state index contributed by atoms with van der Waals surface area (Å²) in [6.45, 7) is 4.29. The van der Waals surface area contributed by atoms with Gasteiger partial charge in [0.15, 0.2) is 0 Å². The molecule has 0 fully saturated rings. The van der Waals surface area contributed by atoms with E-state index in [1.807, 2.05) is 6.07 Å². The summed E-state index contributed by atoms with van der Waals surface area (Å²) in [6, 6.07) is 8.32. The molecule has 0 N–H and O–H groups in total. The minimum Gasteiger partial charge on any atom is -0.347 e. The first-order valence-electron chi connectivity index (χ1n) is 5.36. The van der Waals surface area contributed by atoms with Gasteiger partial charge in [0.1, 0.15) is 0 Å². The molecule has 0 saturated carbocycles. The number of rotatable bonds is 1. The van der Waals surface area contributed by atoms with Crippen molar-refractivity contribution < 1.29 is 1.37 Å². The highest BCUT2D eigenvalue weighted by atomic mass is 14.9. The van der Waals surface area contributed by atoms with Crippen LogP contribution >= 0.6 is 0 Å². The van der Waals surface area contributed by atoms with E-state index in [2.05, 4.69) is 36.6 Å². The number of aromatic nitrogens is 1. The van der Waals surface area contributed by atoms with Crippen molar-refractivity contribution in [3.8, 4) is 0 Å². The van der Waals surface area contributed by atoms with Gasteiger partial charge in [-0.1, -0.05) is 25.1 Å². The van der Waals surface area contributed by atoms with Crippen LogP contribution in [0.2, 0.25) is 0 Å². The van der Waals surface area contributed by atoms with Crippen LogP contribution in [0.15, 0.2) is 24.3 Å². The molecule has 2 rings (SSSR count). The van der Waals surface area contributed by atoms with Gasteiger partial charge in [0, 0.05) is 25.0 Å². The molecule has 0 aliphatic rings. The summed E-state index contributed by atoms with van der Waals surface area (Å²) in [6.07, 6.45) is 0.999. The smallest absolute Gasteiger partial charge is 0.0482 e. The maximum Gasteiger partial charge on any atom is 0.0482 e. The third-order valence-corrected chi connectivity index (χ3v) is 2.69. The first kappa shape index (κ1) is 7.19. The highest BCUT2D eigenvalue weighted by molar-refractivity contribution is 5.85. The number of benzene rings is 1. The highest BCUT2D eigenvalue weighted by Crippen LogP contribution is 2.24. The molecule has 0 atom stereocenters. The highest BCUT2D eigenvalue weighted by Gasteiger charge is 2.08.